The number of ether oxygens (including phenoxy) is 1. The molecule has 1 unspecified atom stereocenters. The second-order valence-corrected chi connectivity index (χ2v) is 8.15. The van der Waals surface area contributed by atoms with Crippen molar-refractivity contribution in [2.75, 3.05) is 6.54 Å². The van der Waals surface area contributed by atoms with Crippen molar-refractivity contribution >= 4 is 16.3 Å². The van der Waals surface area contributed by atoms with Crippen molar-refractivity contribution in [2.24, 2.45) is 0 Å². The molecule has 7 heteroatoms. The fourth-order valence-corrected chi connectivity index (χ4v) is 3.23. The third-order valence-corrected chi connectivity index (χ3v) is 4.34. The number of piperidine rings is 1. The molecule has 0 aromatic rings. The van der Waals surface area contributed by atoms with Crippen LogP contribution in [0.3, 0.4) is 0 Å². The topological polar surface area (TPSA) is 63.7 Å². The van der Waals surface area contributed by atoms with E-state index in [0.717, 1.165) is 0 Å². The number of rotatable bonds is 1. The van der Waals surface area contributed by atoms with Gasteiger partial charge < -0.3 is 9.64 Å². The van der Waals surface area contributed by atoms with Crippen molar-refractivity contribution in [1.29, 1.82) is 0 Å². The molecule has 0 aromatic carbocycles. The lowest BCUT2D eigenvalue weighted by molar-refractivity contribution is -0.00613. The highest BCUT2D eigenvalue weighted by Gasteiger charge is 2.43. The van der Waals surface area contributed by atoms with Crippen LogP contribution >= 0.6 is 0 Å². The van der Waals surface area contributed by atoms with E-state index >= 15 is 0 Å². The first-order valence-electron chi connectivity index (χ1n) is 6.27. The largest absolute Gasteiger partial charge is 0.444 e. The Hall–Kier alpha value is -0.850. The summed E-state index contributed by atoms with van der Waals surface area (Å²) in [7, 11) is -4.56. The van der Waals surface area contributed by atoms with E-state index in [1.54, 1.807) is 34.6 Å². The van der Waals surface area contributed by atoms with E-state index in [-0.39, 0.29) is 19.4 Å². The van der Waals surface area contributed by atoms with Gasteiger partial charge in [0.25, 0.3) is 0 Å². The molecule has 1 rings (SSSR count). The van der Waals surface area contributed by atoms with Gasteiger partial charge in [0.05, 0.1) is 5.25 Å². The molecular formula is C12H22FNO4S. The van der Waals surface area contributed by atoms with Crippen molar-refractivity contribution in [3.63, 3.8) is 0 Å². The number of nitrogens with zero attached hydrogens (tertiary/aromatic N) is 1. The van der Waals surface area contributed by atoms with Crippen molar-refractivity contribution in [2.45, 2.75) is 63.9 Å². The van der Waals surface area contributed by atoms with Gasteiger partial charge in [-0.15, -0.1) is 3.89 Å². The predicted octanol–water partition coefficient (Wildman–Crippen LogP) is 2.46. The fourth-order valence-electron chi connectivity index (χ4n) is 2.24. The summed E-state index contributed by atoms with van der Waals surface area (Å²) >= 11 is 0. The zero-order valence-electron chi connectivity index (χ0n) is 12.1. The molecule has 0 radical (unpaired) electrons. The summed E-state index contributed by atoms with van der Waals surface area (Å²) in [5, 5.41) is -1.04. The van der Waals surface area contributed by atoms with E-state index in [1.807, 2.05) is 0 Å². The SMILES string of the molecule is CC(C)(C)OC(=O)N1CCC(S(=O)(=O)F)CC1(C)C. The molecule has 112 valence electrons. The number of hydrogen-bond acceptors (Lipinski definition) is 4. The lowest BCUT2D eigenvalue weighted by Gasteiger charge is -2.44. The Kier molecular flexibility index (Phi) is 4.20. The second-order valence-electron chi connectivity index (χ2n) is 6.53. The maximum atomic E-state index is 13.1. The van der Waals surface area contributed by atoms with Crippen LogP contribution in [-0.2, 0) is 15.0 Å². The molecule has 1 atom stereocenters. The highest BCUT2D eigenvalue weighted by Crippen LogP contribution is 2.32. The van der Waals surface area contributed by atoms with E-state index in [1.165, 1.54) is 4.90 Å². The number of carbonyl (C=O) groups is 1. The second kappa shape index (κ2) is 4.92. The quantitative estimate of drug-likeness (QED) is 0.697. The van der Waals surface area contributed by atoms with Crippen LogP contribution in [0.2, 0.25) is 0 Å². The molecule has 1 fully saturated rings. The van der Waals surface area contributed by atoms with Crippen molar-refractivity contribution in [3.8, 4) is 0 Å². The monoisotopic (exact) mass is 295 g/mol. The Morgan fingerprint density at radius 1 is 1.37 bits per heavy atom. The Labute approximate surface area is 114 Å². The first kappa shape index (κ1) is 16.2. The average Bonchev–Trinajstić information content (AvgIpc) is 2.10. The van der Waals surface area contributed by atoms with Crippen molar-refractivity contribution < 1.29 is 21.8 Å². The third-order valence-electron chi connectivity index (χ3n) is 3.14. The normalized spacial score (nSPS) is 24.1. The van der Waals surface area contributed by atoms with Gasteiger partial charge in [-0.2, -0.15) is 8.42 Å². The highest BCUT2D eigenvalue weighted by atomic mass is 32.3. The van der Waals surface area contributed by atoms with Gasteiger partial charge in [0, 0.05) is 12.1 Å². The summed E-state index contributed by atoms with van der Waals surface area (Å²) in [6, 6.07) is 0. The lowest BCUT2D eigenvalue weighted by atomic mass is 9.90. The van der Waals surface area contributed by atoms with Crippen molar-refractivity contribution in [3.05, 3.63) is 0 Å². The molecule has 19 heavy (non-hydrogen) atoms. The van der Waals surface area contributed by atoms with Crippen LogP contribution in [-0.4, -0.2) is 42.3 Å². The van der Waals surface area contributed by atoms with Gasteiger partial charge in [-0.3, -0.25) is 0 Å². The molecule has 1 amide bonds. The number of likely N-dealkylation sites (tertiary alicyclic amines) is 1. The minimum atomic E-state index is -4.56. The zero-order chi connectivity index (χ0) is 15.1. The summed E-state index contributed by atoms with van der Waals surface area (Å²) in [6.45, 7) is 8.89. The first-order valence-corrected chi connectivity index (χ1v) is 7.72. The van der Waals surface area contributed by atoms with Crippen LogP contribution in [0.5, 0.6) is 0 Å². The molecule has 0 aromatic heterocycles. The highest BCUT2D eigenvalue weighted by molar-refractivity contribution is 7.87. The summed E-state index contributed by atoms with van der Waals surface area (Å²) in [5.74, 6) is 0. The summed E-state index contributed by atoms with van der Waals surface area (Å²) in [4.78, 5) is 13.5. The van der Waals surface area contributed by atoms with Crippen LogP contribution < -0.4 is 0 Å². The van der Waals surface area contributed by atoms with Gasteiger partial charge in [0.2, 0.25) is 0 Å². The summed E-state index contributed by atoms with van der Waals surface area (Å²) in [6.07, 6.45) is -0.320. The van der Waals surface area contributed by atoms with Gasteiger partial charge in [-0.25, -0.2) is 4.79 Å². The Morgan fingerprint density at radius 2 is 1.89 bits per heavy atom. The Morgan fingerprint density at radius 3 is 2.26 bits per heavy atom. The molecule has 0 spiro atoms. The van der Waals surface area contributed by atoms with E-state index in [9.17, 15) is 17.1 Å². The minimum Gasteiger partial charge on any atom is -0.444 e. The summed E-state index contributed by atoms with van der Waals surface area (Å²) < 4.78 is 40.3. The summed E-state index contributed by atoms with van der Waals surface area (Å²) in [5.41, 5.74) is -1.36. The van der Waals surface area contributed by atoms with Gasteiger partial charge in [0.15, 0.2) is 0 Å². The molecule has 1 heterocycles. The Balaban J connectivity index is 2.83. The van der Waals surface area contributed by atoms with E-state index in [2.05, 4.69) is 0 Å². The molecule has 0 bridgehead atoms. The predicted molar refractivity (Wildman–Crippen MR) is 70.1 cm³/mol. The van der Waals surface area contributed by atoms with Crippen LogP contribution in [0.1, 0.15) is 47.5 Å². The van der Waals surface area contributed by atoms with Gasteiger partial charge in [-0.05, 0) is 47.5 Å². The molecular weight excluding hydrogens is 273 g/mol. The van der Waals surface area contributed by atoms with Gasteiger partial charge in [-0.1, -0.05) is 0 Å². The molecule has 0 N–H and O–H groups in total. The van der Waals surface area contributed by atoms with Crippen LogP contribution in [0.4, 0.5) is 8.68 Å². The van der Waals surface area contributed by atoms with Crippen LogP contribution in [0.25, 0.3) is 0 Å². The lowest BCUT2D eigenvalue weighted by Crippen LogP contribution is -2.56. The Bertz CT molecular complexity index is 453. The third kappa shape index (κ3) is 4.33. The smallest absolute Gasteiger partial charge is 0.410 e. The van der Waals surface area contributed by atoms with Gasteiger partial charge in [0.1, 0.15) is 5.60 Å². The maximum Gasteiger partial charge on any atom is 0.410 e. The van der Waals surface area contributed by atoms with E-state index in [4.69, 9.17) is 4.74 Å². The standard InChI is InChI=1S/C12H22FNO4S/c1-11(2,3)18-10(15)14-7-6-9(19(13,16)17)8-12(14,4)5/h9H,6-8H2,1-5H3. The fraction of sp³-hybridized carbons (Fsp3) is 0.917. The molecule has 0 saturated carbocycles. The molecule has 1 aliphatic rings. The number of amides is 1. The zero-order valence-corrected chi connectivity index (χ0v) is 12.9. The van der Waals surface area contributed by atoms with Gasteiger partial charge >= 0.3 is 16.3 Å². The number of hydrogen-bond donors (Lipinski definition) is 0. The molecule has 1 saturated heterocycles. The minimum absolute atomic E-state index is 0.0745. The van der Waals surface area contributed by atoms with E-state index < -0.39 is 32.7 Å². The van der Waals surface area contributed by atoms with Crippen LogP contribution in [0.15, 0.2) is 0 Å². The maximum absolute atomic E-state index is 13.1. The van der Waals surface area contributed by atoms with E-state index in [0.29, 0.717) is 0 Å². The first-order chi connectivity index (χ1) is 8.33. The molecule has 0 aliphatic carbocycles. The van der Waals surface area contributed by atoms with Crippen molar-refractivity contribution in [1.82, 2.24) is 4.90 Å². The number of halogens is 1. The molecule has 1 aliphatic heterocycles. The molecule has 5 nitrogen and oxygen atoms in total. The number of carbonyl (C=O) groups excluding carboxylic acids is 1. The average molecular weight is 295 g/mol. The van der Waals surface area contributed by atoms with Crippen LogP contribution in [0, 0.1) is 0 Å².